The summed E-state index contributed by atoms with van der Waals surface area (Å²) in [6, 6.07) is 0. The summed E-state index contributed by atoms with van der Waals surface area (Å²) in [5.74, 6) is -0.0171. The molecule has 2 amide bonds. The Morgan fingerprint density at radius 2 is 2.44 bits per heavy atom. The highest BCUT2D eigenvalue weighted by Crippen LogP contribution is 2.15. The van der Waals surface area contributed by atoms with Gasteiger partial charge in [0, 0.05) is 31.4 Å². The van der Waals surface area contributed by atoms with Crippen molar-refractivity contribution < 1.29 is 14.3 Å². The lowest BCUT2D eigenvalue weighted by Crippen LogP contribution is -2.29. The van der Waals surface area contributed by atoms with Crippen LogP contribution in [0.1, 0.15) is 23.8 Å². The van der Waals surface area contributed by atoms with Crippen molar-refractivity contribution in [3.05, 3.63) is 11.1 Å². The van der Waals surface area contributed by atoms with Crippen molar-refractivity contribution in [2.45, 2.75) is 13.3 Å². The molecular formula is C11H15N3O3S. The highest BCUT2D eigenvalue weighted by molar-refractivity contribution is 7.14. The molecule has 98 valence electrons. The van der Waals surface area contributed by atoms with E-state index in [0.29, 0.717) is 29.9 Å². The highest BCUT2D eigenvalue weighted by atomic mass is 32.1. The quantitative estimate of drug-likeness (QED) is 0.850. The zero-order valence-electron chi connectivity index (χ0n) is 10.1. The van der Waals surface area contributed by atoms with Crippen LogP contribution in [0, 0.1) is 5.92 Å². The largest absolute Gasteiger partial charge is 0.381 e. The van der Waals surface area contributed by atoms with E-state index in [1.807, 2.05) is 0 Å². The molecule has 2 heterocycles. The second kappa shape index (κ2) is 5.92. The number of amides is 2. The van der Waals surface area contributed by atoms with E-state index in [4.69, 9.17) is 4.74 Å². The van der Waals surface area contributed by atoms with Crippen LogP contribution < -0.4 is 10.6 Å². The molecule has 1 fully saturated rings. The molecule has 2 N–H and O–H groups in total. The predicted octanol–water partition coefficient (Wildman–Crippen LogP) is 0.868. The molecule has 1 aliphatic rings. The number of carbonyl (C=O) groups excluding carboxylic acids is 2. The molecule has 1 atom stereocenters. The molecule has 0 spiro atoms. The van der Waals surface area contributed by atoms with Crippen molar-refractivity contribution in [2.24, 2.45) is 5.92 Å². The number of hydrogen-bond donors (Lipinski definition) is 2. The van der Waals surface area contributed by atoms with Crippen LogP contribution in [0.2, 0.25) is 0 Å². The first-order chi connectivity index (χ1) is 8.65. The van der Waals surface area contributed by atoms with Gasteiger partial charge >= 0.3 is 0 Å². The molecule has 0 aromatic carbocycles. The minimum atomic E-state index is -0.213. The van der Waals surface area contributed by atoms with Gasteiger partial charge in [0.2, 0.25) is 5.91 Å². The van der Waals surface area contributed by atoms with E-state index in [1.54, 1.807) is 5.38 Å². The van der Waals surface area contributed by atoms with Crippen molar-refractivity contribution >= 4 is 28.3 Å². The average Bonchev–Trinajstić information content (AvgIpc) is 2.95. The Hall–Kier alpha value is -1.47. The number of carbonyl (C=O) groups is 2. The molecule has 6 nitrogen and oxygen atoms in total. The summed E-state index contributed by atoms with van der Waals surface area (Å²) in [5, 5.41) is 7.44. The number of thiazole rings is 1. The third-order valence-electron chi connectivity index (χ3n) is 2.60. The van der Waals surface area contributed by atoms with E-state index in [1.165, 1.54) is 18.3 Å². The summed E-state index contributed by atoms with van der Waals surface area (Å²) in [6.45, 7) is 3.48. The van der Waals surface area contributed by atoms with Gasteiger partial charge in [0.1, 0.15) is 5.69 Å². The van der Waals surface area contributed by atoms with Crippen LogP contribution in [0.15, 0.2) is 5.38 Å². The third kappa shape index (κ3) is 3.51. The molecule has 0 unspecified atom stereocenters. The Kier molecular flexibility index (Phi) is 4.27. The standard InChI is InChI=1S/C11H15N3O3S/c1-7(15)13-11-14-9(6-18-11)10(16)12-4-8-2-3-17-5-8/h6,8H,2-5H2,1H3,(H,12,16)(H,13,14,15)/t8-/m1/s1. The van der Waals surface area contributed by atoms with Gasteiger partial charge in [-0.05, 0) is 6.42 Å². The highest BCUT2D eigenvalue weighted by Gasteiger charge is 2.17. The lowest BCUT2D eigenvalue weighted by Gasteiger charge is -2.07. The van der Waals surface area contributed by atoms with Crippen molar-refractivity contribution in [3.63, 3.8) is 0 Å². The number of anilines is 1. The van der Waals surface area contributed by atoms with E-state index in [0.717, 1.165) is 13.0 Å². The zero-order chi connectivity index (χ0) is 13.0. The SMILES string of the molecule is CC(=O)Nc1nc(C(=O)NC[C@H]2CCOC2)cs1. The maximum atomic E-state index is 11.8. The van der Waals surface area contributed by atoms with Gasteiger partial charge in [-0.1, -0.05) is 0 Å². The summed E-state index contributed by atoms with van der Waals surface area (Å²) in [7, 11) is 0. The normalized spacial score (nSPS) is 18.6. The fourth-order valence-corrected chi connectivity index (χ4v) is 2.39. The van der Waals surface area contributed by atoms with E-state index < -0.39 is 0 Å². The first-order valence-corrected chi connectivity index (χ1v) is 6.62. The van der Waals surface area contributed by atoms with E-state index >= 15 is 0 Å². The van der Waals surface area contributed by atoms with Gasteiger partial charge in [0.15, 0.2) is 5.13 Å². The molecule has 2 rings (SSSR count). The second-order valence-corrected chi connectivity index (χ2v) is 5.02. The molecule has 7 heteroatoms. The van der Waals surface area contributed by atoms with Gasteiger partial charge in [0.25, 0.3) is 5.91 Å². The summed E-state index contributed by atoms with van der Waals surface area (Å²) in [4.78, 5) is 26.7. The monoisotopic (exact) mass is 269 g/mol. The predicted molar refractivity (Wildman–Crippen MR) is 67.7 cm³/mol. The minimum Gasteiger partial charge on any atom is -0.381 e. The molecule has 1 aromatic heterocycles. The van der Waals surface area contributed by atoms with Crippen LogP contribution in [0.3, 0.4) is 0 Å². The Labute approximate surface area is 109 Å². The maximum Gasteiger partial charge on any atom is 0.270 e. The summed E-state index contributed by atoms with van der Waals surface area (Å²) in [6.07, 6.45) is 0.981. The van der Waals surface area contributed by atoms with Crippen LogP contribution in [0.25, 0.3) is 0 Å². The Balaban J connectivity index is 1.84. The van der Waals surface area contributed by atoms with E-state index in [9.17, 15) is 9.59 Å². The number of hydrogen-bond acceptors (Lipinski definition) is 5. The smallest absolute Gasteiger partial charge is 0.270 e. The Morgan fingerprint density at radius 3 is 3.11 bits per heavy atom. The molecule has 0 saturated carbocycles. The van der Waals surface area contributed by atoms with Gasteiger partial charge < -0.3 is 15.4 Å². The van der Waals surface area contributed by atoms with Gasteiger partial charge in [-0.3, -0.25) is 9.59 Å². The van der Waals surface area contributed by atoms with E-state index in [2.05, 4.69) is 15.6 Å². The summed E-state index contributed by atoms with van der Waals surface area (Å²) in [5.41, 5.74) is 0.336. The first-order valence-electron chi connectivity index (χ1n) is 5.74. The van der Waals surface area contributed by atoms with Crippen LogP contribution in [-0.2, 0) is 9.53 Å². The van der Waals surface area contributed by atoms with Crippen LogP contribution >= 0.6 is 11.3 Å². The van der Waals surface area contributed by atoms with Gasteiger partial charge in [0.05, 0.1) is 6.61 Å². The lowest BCUT2D eigenvalue weighted by atomic mass is 10.1. The molecule has 18 heavy (non-hydrogen) atoms. The molecular weight excluding hydrogens is 254 g/mol. The first kappa shape index (κ1) is 13.0. The van der Waals surface area contributed by atoms with Crippen LogP contribution in [0.5, 0.6) is 0 Å². The number of aromatic nitrogens is 1. The summed E-state index contributed by atoms with van der Waals surface area (Å²) < 4.78 is 5.23. The third-order valence-corrected chi connectivity index (χ3v) is 3.35. The Morgan fingerprint density at radius 1 is 1.61 bits per heavy atom. The maximum absolute atomic E-state index is 11.8. The van der Waals surface area contributed by atoms with Gasteiger partial charge in [-0.25, -0.2) is 4.98 Å². The number of nitrogens with zero attached hydrogens (tertiary/aromatic N) is 1. The van der Waals surface area contributed by atoms with Crippen LogP contribution in [0.4, 0.5) is 5.13 Å². The Bertz CT molecular complexity index is 440. The number of rotatable bonds is 4. The molecule has 0 bridgehead atoms. The summed E-state index contributed by atoms with van der Waals surface area (Å²) >= 11 is 1.24. The molecule has 1 aromatic rings. The van der Waals surface area contributed by atoms with E-state index in [-0.39, 0.29) is 11.8 Å². The van der Waals surface area contributed by atoms with Crippen molar-refractivity contribution in [1.82, 2.24) is 10.3 Å². The van der Waals surface area contributed by atoms with Crippen LogP contribution in [-0.4, -0.2) is 36.6 Å². The van der Waals surface area contributed by atoms with Gasteiger partial charge in [-0.2, -0.15) is 0 Å². The lowest BCUT2D eigenvalue weighted by molar-refractivity contribution is -0.114. The molecule has 1 aliphatic heterocycles. The number of nitrogens with one attached hydrogen (secondary N) is 2. The average molecular weight is 269 g/mol. The fraction of sp³-hybridized carbons (Fsp3) is 0.545. The second-order valence-electron chi connectivity index (χ2n) is 4.16. The molecule has 0 aliphatic carbocycles. The van der Waals surface area contributed by atoms with Gasteiger partial charge in [-0.15, -0.1) is 11.3 Å². The number of ether oxygens (including phenoxy) is 1. The van der Waals surface area contributed by atoms with Crippen molar-refractivity contribution in [1.29, 1.82) is 0 Å². The molecule has 0 radical (unpaired) electrons. The zero-order valence-corrected chi connectivity index (χ0v) is 10.9. The topological polar surface area (TPSA) is 80.3 Å². The minimum absolute atomic E-state index is 0.195. The fourth-order valence-electron chi connectivity index (χ4n) is 1.66. The van der Waals surface area contributed by atoms with Crippen molar-refractivity contribution in [3.8, 4) is 0 Å². The van der Waals surface area contributed by atoms with Crippen molar-refractivity contribution in [2.75, 3.05) is 25.1 Å². The molecule has 1 saturated heterocycles.